The van der Waals surface area contributed by atoms with Crippen molar-refractivity contribution in [3.05, 3.63) is 29.6 Å². The summed E-state index contributed by atoms with van der Waals surface area (Å²) < 4.78 is 73.4. The average molecular weight is 326 g/mol. The molecular formula is C12H14F4N2O2S. The molecule has 118 valence electrons. The van der Waals surface area contributed by atoms with Crippen LogP contribution in [0.4, 0.5) is 17.6 Å². The molecule has 1 saturated heterocycles. The van der Waals surface area contributed by atoms with Gasteiger partial charge >= 0.3 is 5.51 Å². The van der Waals surface area contributed by atoms with Crippen molar-refractivity contribution in [2.24, 2.45) is 0 Å². The van der Waals surface area contributed by atoms with Crippen molar-refractivity contribution in [1.82, 2.24) is 10.2 Å². The maximum atomic E-state index is 13.8. The minimum absolute atomic E-state index is 0.179. The third-order valence-corrected chi connectivity index (χ3v) is 4.73. The number of hydrogen-bond donors (Lipinski definition) is 1. The molecule has 1 aromatic carbocycles. The molecule has 4 nitrogen and oxygen atoms in total. The van der Waals surface area contributed by atoms with E-state index in [-0.39, 0.29) is 12.1 Å². The highest BCUT2D eigenvalue weighted by Crippen LogP contribution is 2.31. The Morgan fingerprint density at radius 2 is 1.81 bits per heavy atom. The first kappa shape index (κ1) is 16.2. The first-order valence-corrected chi connectivity index (χ1v) is 7.73. The predicted octanol–water partition coefficient (Wildman–Crippen LogP) is 1.52. The van der Waals surface area contributed by atoms with E-state index in [1.54, 1.807) is 0 Å². The van der Waals surface area contributed by atoms with Gasteiger partial charge in [-0.15, -0.1) is 0 Å². The second-order valence-electron chi connectivity index (χ2n) is 4.73. The van der Waals surface area contributed by atoms with Gasteiger partial charge in [-0.1, -0.05) is 6.07 Å². The van der Waals surface area contributed by atoms with Crippen molar-refractivity contribution in [1.29, 1.82) is 0 Å². The third kappa shape index (κ3) is 3.53. The van der Waals surface area contributed by atoms with Gasteiger partial charge in [0.05, 0.1) is 4.90 Å². The van der Waals surface area contributed by atoms with E-state index in [4.69, 9.17) is 0 Å². The molecule has 0 saturated carbocycles. The molecule has 0 amide bonds. The average Bonchev–Trinajstić information content (AvgIpc) is 2.41. The molecule has 0 unspecified atom stereocenters. The van der Waals surface area contributed by atoms with Gasteiger partial charge in [0.25, 0.3) is 9.84 Å². The lowest BCUT2D eigenvalue weighted by molar-refractivity contribution is -0.0436. The second-order valence-corrected chi connectivity index (χ2v) is 6.67. The van der Waals surface area contributed by atoms with Crippen LogP contribution >= 0.6 is 0 Å². The Hall–Kier alpha value is -1.19. The molecule has 1 aromatic rings. The summed E-state index contributed by atoms with van der Waals surface area (Å²) in [7, 11) is -5.51. The number of piperazine rings is 1. The molecule has 0 radical (unpaired) electrons. The summed E-state index contributed by atoms with van der Waals surface area (Å²) in [5, 5.41) is 3.12. The highest BCUT2D eigenvalue weighted by Gasteiger charge is 2.47. The zero-order valence-corrected chi connectivity index (χ0v) is 11.8. The Kier molecular flexibility index (Phi) is 4.54. The van der Waals surface area contributed by atoms with Gasteiger partial charge in [-0.25, -0.2) is 12.8 Å². The standard InChI is InChI=1S/C12H14F4N2O2S/c13-11-7-10(21(19,20)12(14,15)16)2-1-9(11)8-18-5-3-17-4-6-18/h1-2,7,17H,3-6,8H2. The smallest absolute Gasteiger partial charge is 0.314 e. The molecule has 9 heteroatoms. The molecule has 1 aliphatic heterocycles. The summed E-state index contributed by atoms with van der Waals surface area (Å²) in [5.74, 6) is -0.946. The molecule has 0 bridgehead atoms. The number of nitrogens with zero attached hydrogens (tertiary/aromatic N) is 1. The second kappa shape index (κ2) is 5.90. The van der Waals surface area contributed by atoms with Gasteiger partial charge in [0.1, 0.15) is 5.82 Å². The fraction of sp³-hybridized carbons (Fsp3) is 0.500. The fourth-order valence-electron chi connectivity index (χ4n) is 2.07. The van der Waals surface area contributed by atoms with Gasteiger partial charge in [0, 0.05) is 38.3 Å². The predicted molar refractivity (Wildman–Crippen MR) is 67.8 cm³/mol. The number of alkyl halides is 3. The molecule has 1 heterocycles. The van der Waals surface area contributed by atoms with Crippen LogP contribution in [0.3, 0.4) is 0 Å². The van der Waals surface area contributed by atoms with E-state index >= 15 is 0 Å². The van der Waals surface area contributed by atoms with Gasteiger partial charge in [-0.3, -0.25) is 4.90 Å². The number of sulfone groups is 1. The molecule has 0 atom stereocenters. The number of benzene rings is 1. The van der Waals surface area contributed by atoms with E-state index in [0.717, 1.165) is 25.2 Å². The molecule has 1 fully saturated rings. The molecular weight excluding hydrogens is 312 g/mol. The van der Waals surface area contributed by atoms with Crippen molar-refractivity contribution >= 4 is 9.84 Å². The first-order valence-electron chi connectivity index (χ1n) is 6.24. The van der Waals surface area contributed by atoms with E-state index in [1.807, 2.05) is 4.90 Å². The van der Waals surface area contributed by atoms with Crippen molar-refractivity contribution in [3.63, 3.8) is 0 Å². The zero-order chi connectivity index (χ0) is 15.7. The maximum absolute atomic E-state index is 13.8. The summed E-state index contributed by atoms with van der Waals surface area (Å²) >= 11 is 0. The molecule has 1 aliphatic rings. The monoisotopic (exact) mass is 326 g/mol. The Morgan fingerprint density at radius 3 is 2.33 bits per heavy atom. The summed E-state index contributed by atoms with van der Waals surface area (Å²) in [5.41, 5.74) is -5.25. The van der Waals surface area contributed by atoms with E-state index < -0.39 is 26.1 Å². The van der Waals surface area contributed by atoms with Crippen LogP contribution in [0.1, 0.15) is 5.56 Å². The maximum Gasteiger partial charge on any atom is 0.501 e. The van der Waals surface area contributed by atoms with Gasteiger partial charge in [-0.05, 0) is 12.1 Å². The summed E-state index contributed by atoms with van der Waals surface area (Å²) in [6.07, 6.45) is 0. The molecule has 0 spiro atoms. The zero-order valence-electron chi connectivity index (χ0n) is 11.0. The van der Waals surface area contributed by atoms with Crippen LogP contribution in [-0.2, 0) is 16.4 Å². The quantitative estimate of drug-likeness (QED) is 0.856. The molecule has 0 aliphatic carbocycles. The Bertz CT molecular complexity index is 610. The van der Waals surface area contributed by atoms with Crippen molar-refractivity contribution in [2.45, 2.75) is 16.9 Å². The van der Waals surface area contributed by atoms with Gasteiger partial charge < -0.3 is 5.32 Å². The number of rotatable bonds is 3. The van der Waals surface area contributed by atoms with E-state index in [1.165, 1.54) is 0 Å². The van der Waals surface area contributed by atoms with Crippen LogP contribution in [0.25, 0.3) is 0 Å². The van der Waals surface area contributed by atoms with Crippen LogP contribution in [0.5, 0.6) is 0 Å². The molecule has 1 N–H and O–H groups in total. The molecule has 21 heavy (non-hydrogen) atoms. The summed E-state index contributed by atoms with van der Waals surface area (Å²) in [6.45, 7) is 3.13. The Morgan fingerprint density at radius 1 is 1.19 bits per heavy atom. The highest BCUT2D eigenvalue weighted by molar-refractivity contribution is 7.92. The van der Waals surface area contributed by atoms with Crippen molar-refractivity contribution < 1.29 is 26.0 Å². The Balaban J connectivity index is 2.21. The van der Waals surface area contributed by atoms with Crippen LogP contribution in [-0.4, -0.2) is 45.0 Å². The lowest BCUT2D eigenvalue weighted by Crippen LogP contribution is -2.43. The third-order valence-electron chi connectivity index (χ3n) is 3.24. The largest absolute Gasteiger partial charge is 0.501 e. The van der Waals surface area contributed by atoms with Crippen LogP contribution in [0, 0.1) is 5.82 Å². The highest BCUT2D eigenvalue weighted by atomic mass is 32.2. The normalized spacial score (nSPS) is 17.9. The van der Waals surface area contributed by atoms with Crippen molar-refractivity contribution in [2.75, 3.05) is 26.2 Å². The summed E-state index contributed by atoms with van der Waals surface area (Å²) in [6, 6.07) is 2.32. The van der Waals surface area contributed by atoms with Crippen LogP contribution in [0.15, 0.2) is 23.1 Å². The van der Waals surface area contributed by atoms with Gasteiger partial charge in [-0.2, -0.15) is 13.2 Å². The van der Waals surface area contributed by atoms with E-state index in [9.17, 15) is 26.0 Å². The van der Waals surface area contributed by atoms with Crippen molar-refractivity contribution in [3.8, 4) is 0 Å². The SMILES string of the molecule is O=S(=O)(c1ccc(CN2CCNCC2)c(F)c1)C(F)(F)F. The number of nitrogens with one attached hydrogen (secondary N) is 1. The fourth-order valence-corrected chi connectivity index (χ4v) is 2.84. The minimum Gasteiger partial charge on any atom is -0.314 e. The lowest BCUT2D eigenvalue weighted by Gasteiger charge is -2.27. The number of halogens is 4. The molecule has 2 rings (SSSR count). The summed E-state index contributed by atoms with van der Waals surface area (Å²) in [4.78, 5) is 0.865. The van der Waals surface area contributed by atoms with E-state index in [0.29, 0.717) is 19.2 Å². The molecule has 0 aromatic heterocycles. The van der Waals surface area contributed by atoms with Gasteiger partial charge in [0.15, 0.2) is 0 Å². The van der Waals surface area contributed by atoms with Crippen LogP contribution in [0.2, 0.25) is 0 Å². The van der Waals surface area contributed by atoms with Crippen LogP contribution < -0.4 is 5.32 Å². The topological polar surface area (TPSA) is 49.4 Å². The van der Waals surface area contributed by atoms with E-state index in [2.05, 4.69) is 5.32 Å². The lowest BCUT2D eigenvalue weighted by atomic mass is 10.2. The van der Waals surface area contributed by atoms with Gasteiger partial charge in [0.2, 0.25) is 0 Å². The minimum atomic E-state index is -5.51. The first-order chi connectivity index (χ1) is 9.72. The number of hydrogen-bond acceptors (Lipinski definition) is 4. The Labute approximate surface area is 119 Å².